The van der Waals surface area contributed by atoms with Gasteiger partial charge in [-0.15, -0.1) is 10.2 Å². The number of benzene rings is 2. The minimum Gasteiger partial charge on any atom is -0.495 e. The molecule has 1 unspecified atom stereocenters. The Morgan fingerprint density at radius 3 is 2.38 bits per heavy atom. The second-order valence-electron chi connectivity index (χ2n) is 10.7. The fraction of sp³-hybridized carbons (Fsp3) is 0.455. The lowest BCUT2D eigenvalue weighted by molar-refractivity contribution is 0.0992. The Hall–Kier alpha value is -4.33. The molecule has 0 radical (unpaired) electrons. The second-order valence-corrected chi connectivity index (χ2v) is 12.8. The van der Waals surface area contributed by atoms with Crippen LogP contribution >= 0.6 is 0 Å². The molecule has 260 valence electrons. The van der Waals surface area contributed by atoms with Gasteiger partial charge in [-0.05, 0) is 32.4 Å². The minimum absolute atomic E-state index is 0.0555. The second kappa shape index (κ2) is 18.9. The number of azo groups is 1. The molecule has 1 aromatic heterocycles. The number of nitriles is 1. The molecule has 1 atom stereocenters. The summed E-state index contributed by atoms with van der Waals surface area (Å²) in [6, 6.07) is 14.4. The fourth-order valence-electron chi connectivity index (χ4n) is 4.80. The van der Waals surface area contributed by atoms with Crippen molar-refractivity contribution < 1.29 is 32.8 Å². The predicted molar refractivity (Wildman–Crippen MR) is 184 cm³/mol. The van der Waals surface area contributed by atoms with Gasteiger partial charge in [0.25, 0.3) is 0 Å². The summed E-state index contributed by atoms with van der Waals surface area (Å²) in [6.07, 6.45) is 0.808. The van der Waals surface area contributed by atoms with Crippen LogP contribution in [0.1, 0.15) is 31.4 Å². The number of methoxy groups -OCH3 is 2. The average molecular weight is 684 g/mol. The third-order valence-electron chi connectivity index (χ3n) is 7.64. The van der Waals surface area contributed by atoms with Gasteiger partial charge in [0, 0.05) is 49.1 Å². The molecule has 15 heteroatoms. The number of aromatic nitrogens is 1. The van der Waals surface area contributed by atoms with E-state index in [0.29, 0.717) is 30.3 Å². The van der Waals surface area contributed by atoms with E-state index in [1.165, 1.54) is 26.4 Å². The molecule has 0 aliphatic rings. The maximum Gasteiger partial charge on any atom is 0.183 e. The highest BCUT2D eigenvalue weighted by Crippen LogP contribution is 2.40. The van der Waals surface area contributed by atoms with Crippen LogP contribution in [0.15, 0.2) is 57.6 Å². The number of ether oxygens (including phenoxy) is 3. The number of nitrogens with one attached hydrogen (secondary N) is 2. The minimum atomic E-state index is -3.84. The average Bonchev–Trinajstić information content (AvgIpc) is 3.09. The van der Waals surface area contributed by atoms with Crippen LogP contribution in [0.3, 0.4) is 0 Å². The third kappa shape index (κ3) is 10.1. The zero-order chi connectivity index (χ0) is 35.1. The van der Waals surface area contributed by atoms with Gasteiger partial charge >= 0.3 is 0 Å². The van der Waals surface area contributed by atoms with E-state index in [4.69, 9.17) is 19.3 Å². The number of hydrogen-bond donors (Lipinski definition) is 4. The van der Waals surface area contributed by atoms with Gasteiger partial charge in [0.2, 0.25) is 0 Å². The van der Waals surface area contributed by atoms with Gasteiger partial charge in [-0.1, -0.05) is 25.1 Å². The number of aliphatic hydroxyl groups is 2. The monoisotopic (exact) mass is 683 g/mol. The number of nitrogens with zero attached hydrogens (tertiary/aromatic N) is 5. The van der Waals surface area contributed by atoms with Gasteiger partial charge in [0.1, 0.15) is 33.8 Å². The molecule has 0 saturated carbocycles. The largest absolute Gasteiger partial charge is 0.495 e. The van der Waals surface area contributed by atoms with Crippen LogP contribution in [0.5, 0.6) is 11.5 Å². The van der Waals surface area contributed by atoms with Crippen LogP contribution in [0, 0.1) is 18.3 Å². The number of aliphatic hydroxyl groups excluding tert-OH is 2. The van der Waals surface area contributed by atoms with Crippen LogP contribution in [0.4, 0.5) is 28.7 Å². The fourth-order valence-corrected chi connectivity index (χ4v) is 6.23. The Morgan fingerprint density at radius 1 is 1.02 bits per heavy atom. The van der Waals surface area contributed by atoms with E-state index < -0.39 is 9.84 Å². The van der Waals surface area contributed by atoms with Crippen molar-refractivity contribution in [3.05, 3.63) is 53.6 Å². The molecule has 14 nitrogen and oxygen atoms in total. The summed E-state index contributed by atoms with van der Waals surface area (Å²) in [7, 11) is -1.07. The summed E-state index contributed by atoms with van der Waals surface area (Å²) < 4.78 is 43.4. The molecule has 0 saturated heterocycles. The number of pyridine rings is 1. The van der Waals surface area contributed by atoms with E-state index in [2.05, 4.69) is 31.9 Å². The molecule has 0 aliphatic carbocycles. The number of sulfone groups is 1. The summed E-state index contributed by atoms with van der Waals surface area (Å²) in [5.74, 6) is 0.655. The van der Waals surface area contributed by atoms with Crippen LogP contribution < -0.4 is 20.1 Å². The van der Waals surface area contributed by atoms with Crippen LogP contribution in [0.2, 0.25) is 0 Å². The molecule has 48 heavy (non-hydrogen) atoms. The summed E-state index contributed by atoms with van der Waals surface area (Å²) >= 11 is 0. The van der Waals surface area contributed by atoms with Gasteiger partial charge in [0.15, 0.2) is 21.5 Å². The van der Waals surface area contributed by atoms with Crippen molar-refractivity contribution in [2.75, 3.05) is 76.7 Å². The van der Waals surface area contributed by atoms with Crippen molar-refractivity contribution in [1.29, 1.82) is 5.26 Å². The molecule has 4 N–H and O–H groups in total. The highest BCUT2D eigenvalue weighted by atomic mass is 32.2. The van der Waals surface area contributed by atoms with Crippen LogP contribution in [-0.4, -0.2) is 101 Å². The van der Waals surface area contributed by atoms with Crippen molar-refractivity contribution in [2.24, 2.45) is 10.2 Å². The quantitative estimate of drug-likeness (QED) is 0.0948. The highest BCUT2D eigenvalue weighted by molar-refractivity contribution is 7.91. The zero-order valence-electron chi connectivity index (χ0n) is 28.1. The number of para-hydroxylation sites is 1. The molecule has 0 amide bonds. The van der Waals surface area contributed by atoms with Gasteiger partial charge in [0.05, 0.1) is 52.0 Å². The van der Waals surface area contributed by atoms with Crippen molar-refractivity contribution in [2.45, 2.75) is 38.1 Å². The molecular formula is C33H45N7O7S. The van der Waals surface area contributed by atoms with E-state index >= 15 is 0 Å². The zero-order valence-corrected chi connectivity index (χ0v) is 28.9. The van der Waals surface area contributed by atoms with E-state index in [-0.39, 0.29) is 78.1 Å². The first-order chi connectivity index (χ1) is 23.1. The molecule has 0 bridgehead atoms. The summed E-state index contributed by atoms with van der Waals surface area (Å²) in [5.41, 5.74) is 1.96. The number of anilines is 3. The first-order valence-electron chi connectivity index (χ1n) is 15.6. The Labute approximate surface area is 282 Å². The highest BCUT2D eigenvalue weighted by Gasteiger charge is 2.25. The van der Waals surface area contributed by atoms with E-state index in [1.807, 2.05) is 49.1 Å². The normalized spacial score (nSPS) is 12.2. The summed E-state index contributed by atoms with van der Waals surface area (Å²) in [4.78, 5) is 6.54. The lowest BCUT2D eigenvalue weighted by Gasteiger charge is -2.27. The molecule has 2 aromatic carbocycles. The Morgan fingerprint density at radius 2 is 1.75 bits per heavy atom. The third-order valence-corrected chi connectivity index (χ3v) is 9.35. The molecule has 1 heterocycles. The smallest absolute Gasteiger partial charge is 0.183 e. The number of rotatable bonds is 20. The Bertz CT molecular complexity index is 1670. The van der Waals surface area contributed by atoms with Crippen molar-refractivity contribution in [1.82, 2.24) is 9.88 Å². The van der Waals surface area contributed by atoms with Gasteiger partial charge in [-0.3, -0.25) is 4.90 Å². The summed E-state index contributed by atoms with van der Waals surface area (Å²) in [6.45, 7) is 6.91. The maximum atomic E-state index is 13.5. The van der Waals surface area contributed by atoms with E-state index in [0.717, 1.165) is 12.1 Å². The van der Waals surface area contributed by atoms with E-state index in [1.54, 1.807) is 6.92 Å². The lowest BCUT2D eigenvalue weighted by atomic mass is 10.1. The molecule has 0 fully saturated rings. The van der Waals surface area contributed by atoms with Crippen LogP contribution in [-0.2, 0) is 14.6 Å². The summed E-state index contributed by atoms with van der Waals surface area (Å²) in [5, 5.41) is 43.8. The van der Waals surface area contributed by atoms with Gasteiger partial charge in [-0.2, -0.15) is 5.26 Å². The van der Waals surface area contributed by atoms with Crippen LogP contribution in [0.25, 0.3) is 0 Å². The first kappa shape index (κ1) is 38.1. The molecular weight excluding hydrogens is 638 g/mol. The maximum absolute atomic E-state index is 13.5. The van der Waals surface area contributed by atoms with Gasteiger partial charge < -0.3 is 35.1 Å². The van der Waals surface area contributed by atoms with E-state index in [9.17, 15) is 18.8 Å². The van der Waals surface area contributed by atoms with Crippen molar-refractivity contribution >= 4 is 38.5 Å². The van der Waals surface area contributed by atoms with Gasteiger partial charge in [-0.25, -0.2) is 13.4 Å². The Kier molecular flexibility index (Phi) is 15.0. The lowest BCUT2D eigenvalue weighted by Crippen LogP contribution is -2.38. The van der Waals surface area contributed by atoms with Crippen molar-refractivity contribution in [3.63, 3.8) is 0 Å². The molecule has 3 rings (SSSR count). The predicted octanol–water partition coefficient (Wildman–Crippen LogP) is 4.73. The van der Waals surface area contributed by atoms with Crippen molar-refractivity contribution in [3.8, 4) is 17.6 Å². The Balaban J connectivity index is 2.03. The molecule has 3 aromatic rings. The standard InChI is InChI=1S/C33H45N7O7S/c1-6-23(2)40(13-15-41)14-19-48(43,44)30-21-28(45-4)27(20-29(30)46-5)38-39-31-24(3)26(22-34)32(36-25-10-8-7-9-11-25)37-33(31)35-12-17-47-18-16-42/h7-11,20-21,23,41-42H,6,12-19H2,1-5H3,(H2,35,36,37). The first-order valence-corrected chi connectivity index (χ1v) is 17.2. The molecule has 0 aliphatic heterocycles. The topological polar surface area (TPSA) is 191 Å². The number of hydrogen-bond acceptors (Lipinski definition) is 14. The SMILES string of the molecule is CCC(C)N(CCO)CCS(=O)(=O)c1cc(OC)c(N=Nc2c(NCCOCCO)nc(Nc3ccccc3)c(C#N)c2C)cc1OC. The molecule has 0 spiro atoms.